The minimum atomic E-state index is -0.941. The van der Waals surface area contributed by atoms with Crippen LogP contribution in [0.2, 0.25) is 0 Å². The van der Waals surface area contributed by atoms with E-state index >= 15 is 0 Å². The monoisotopic (exact) mass is 255 g/mol. The van der Waals surface area contributed by atoms with Gasteiger partial charge >= 0.3 is 5.97 Å². The molecular formula is C12H17NO3S. The number of carboxylic acid groups (broad SMARTS) is 1. The van der Waals surface area contributed by atoms with Gasteiger partial charge in [0, 0.05) is 24.0 Å². The molecule has 0 spiro atoms. The number of thiophene rings is 1. The van der Waals surface area contributed by atoms with Crippen molar-refractivity contribution < 1.29 is 15.0 Å². The SMILES string of the molecule is CC(O)CN(C)Cc1cc(C=CC(=O)O)cs1. The molecule has 1 atom stereocenters. The third kappa shape index (κ3) is 5.63. The normalized spacial score (nSPS) is 13.4. The van der Waals surface area contributed by atoms with Crippen LogP contribution < -0.4 is 0 Å². The Balaban J connectivity index is 2.53. The molecule has 0 fully saturated rings. The second kappa shape index (κ2) is 6.54. The summed E-state index contributed by atoms with van der Waals surface area (Å²) in [6, 6.07) is 1.96. The first kappa shape index (κ1) is 13.9. The van der Waals surface area contributed by atoms with Crippen molar-refractivity contribution in [1.82, 2.24) is 4.90 Å². The van der Waals surface area contributed by atoms with Crippen molar-refractivity contribution in [3.8, 4) is 0 Å². The Morgan fingerprint density at radius 1 is 1.65 bits per heavy atom. The van der Waals surface area contributed by atoms with Crippen LogP contribution in [0.25, 0.3) is 6.08 Å². The summed E-state index contributed by atoms with van der Waals surface area (Å²) in [6.07, 6.45) is 2.37. The number of hydrogen-bond acceptors (Lipinski definition) is 4. The Bertz CT molecular complexity index is 398. The molecule has 1 aromatic rings. The zero-order valence-corrected chi connectivity index (χ0v) is 10.8. The van der Waals surface area contributed by atoms with Crippen LogP contribution in [0.1, 0.15) is 17.4 Å². The van der Waals surface area contributed by atoms with E-state index in [-0.39, 0.29) is 6.10 Å². The zero-order chi connectivity index (χ0) is 12.8. The first-order valence-corrected chi connectivity index (χ1v) is 6.20. The molecule has 17 heavy (non-hydrogen) atoms. The van der Waals surface area contributed by atoms with Gasteiger partial charge in [-0.05, 0) is 37.1 Å². The van der Waals surface area contributed by atoms with Crippen LogP contribution in [0.15, 0.2) is 17.5 Å². The number of carboxylic acids is 1. The molecule has 0 saturated carbocycles. The van der Waals surface area contributed by atoms with Gasteiger partial charge < -0.3 is 10.2 Å². The first-order chi connectivity index (χ1) is 7.97. The maximum absolute atomic E-state index is 10.4. The van der Waals surface area contributed by atoms with Crippen molar-refractivity contribution in [1.29, 1.82) is 0 Å². The molecule has 0 aliphatic rings. The lowest BCUT2D eigenvalue weighted by atomic mass is 10.2. The minimum absolute atomic E-state index is 0.341. The molecule has 94 valence electrons. The third-order valence-corrected chi connectivity index (χ3v) is 3.03. The van der Waals surface area contributed by atoms with Crippen molar-refractivity contribution in [3.05, 3.63) is 28.0 Å². The zero-order valence-electron chi connectivity index (χ0n) is 9.96. The van der Waals surface area contributed by atoms with E-state index in [9.17, 15) is 9.90 Å². The summed E-state index contributed by atoms with van der Waals surface area (Å²) < 4.78 is 0. The maximum Gasteiger partial charge on any atom is 0.328 e. The molecule has 0 radical (unpaired) electrons. The van der Waals surface area contributed by atoms with E-state index in [1.54, 1.807) is 24.3 Å². The van der Waals surface area contributed by atoms with Crippen molar-refractivity contribution >= 4 is 23.4 Å². The van der Waals surface area contributed by atoms with E-state index < -0.39 is 5.97 Å². The molecule has 4 nitrogen and oxygen atoms in total. The molecule has 1 aromatic heterocycles. The predicted octanol–water partition coefficient (Wildman–Crippen LogP) is 1.66. The Hall–Kier alpha value is -1.17. The van der Waals surface area contributed by atoms with E-state index in [4.69, 9.17) is 5.11 Å². The van der Waals surface area contributed by atoms with Crippen molar-refractivity contribution in [3.63, 3.8) is 0 Å². The van der Waals surface area contributed by atoms with Gasteiger partial charge in [0.2, 0.25) is 0 Å². The number of carbonyl (C=O) groups is 1. The summed E-state index contributed by atoms with van der Waals surface area (Å²) in [7, 11) is 1.94. The van der Waals surface area contributed by atoms with Crippen molar-refractivity contribution in [2.45, 2.75) is 19.6 Å². The van der Waals surface area contributed by atoms with Crippen LogP contribution in [-0.4, -0.2) is 40.8 Å². The lowest BCUT2D eigenvalue weighted by Gasteiger charge is -2.16. The largest absolute Gasteiger partial charge is 0.478 e. The molecule has 0 amide bonds. The van der Waals surface area contributed by atoms with Crippen LogP contribution >= 0.6 is 11.3 Å². The van der Waals surface area contributed by atoms with Gasteiger partial charge in [-0.1, -0.05) is 0 Å². The van der Waals surface area contributed by atoms with Gasteiger partial charge in [-0.2, -0.15) is 0 Å². The molecule has 1 unspecified atom stereocenters. The van der Waals surface area contributed by atoms with Gasteiger partial charge in [-0.25, -0.2) is 4.79 Å². The maximum atomic E-state index is 10.4. The quantitative estimate of drug-likeness (QED) is 0.759. The molecule has 1 rings (SSSR count). The summed E-state index contributed by atoms with van der Waals surface area (Å²) >= 11 is 1.59. The molecule has 5 heteroatoms. The van der Waals surface area contributed by atoms with Crippen molar-refractivity contribution in [2.24, 2.45) is 0 Å². The summed E-state index contributed by atoms with van der Waals surface area (Å²) in [6.45, 7) is 3.14. The molecule has 0 aromatic carbocycles. The average Bonchev–Trinajstić information content (AvgIpc) is 2.61. The Kier molecular flexibility index (Phi) is 5.34. The van der Waals surface area contributed by atoms with Crippen LogP contribution in [0.3, 0.4) is 0 Å². The highest BCUT2D eigenvalue weighted by molar-refractivity contribution is 7.10. The first-order valence-electron chi connectivity index (χ1n) is 5.32. The fourth-order valence-electron chi connectivity index (χ4n) is 1.52. The van der Waals surface area contributed by atoms with Crippen LogP contribution in [0, 0.1) is 0 Å². The number of rotatable bonds is 6. The molecular weight excluding hydrogens is 238 g/mol. The summed E-state index contributed by atoms with van der Waals surface area (Å²) in [5, 5.41) is 19.7. The number of hydrogen-bond donors (Lipinski definition) is 2. The number of likely N-dealkylation sites (N-methyl/N-ethyl adjacent to an activating group) is 1. The van der Waals surface area contributed by atoms with E-state index in [0.29, 0.717) is 6.54 Å². The highest BCUT2D eigenvalue weighted by Gasteiger charge is 2.05. The summed E-state index contributed by atoms with van der Waals surface area (Å²) in [5.74, 6) is -0.941. The molecule has 0 bridgehead atoms. The molecule has 0 aliphatic carbocycles. The van der Waals surface area contributed by atoms with Gasteiger partial charge in [0.05, 0.1) is 6.10 Å². The number of nitrogens with zero attached hydrogens (tertiary/aromatic N) is 1. The molecule has 2 N–H and O–H groups in total. The van der Waals surface area contributed by atoms with Gasteiger partial charge in [0.15, 0.2) is 0 Å². The van der Waals surface area contributed by atoms with Crippen molar-refractivity contribution in [2.75, 3.05) is 13.6 Å². The third-order valence-electron chi connectivity index (χ3n) is 2.09. The van der Waals surface area contributed by atoms with E-state index in [0.717, 1.165) is 23.1 Å². The van der Waals surface area contributed by atoms with Gasteiger partial charge in [0.1, 0.15) is 0 Å². The number of aliphatic carboxylic acids is 1. The predicted molar refractivity (Wildman–Crippen MR) is 69.0 cm³/mol. The summed E-state index contributed by atoms with van der Waals surface area (Å²) in [4.78, 5) is 13.5. The smallest absolute Gasteiger partial charge is 0.328 e. The van der Waals surface area contributed by atoms with Gasteiger partial charge in [-0.15, -0.1) is 11.3 Å². The highest BCUT2D eigenvalue weighted by atomic mass is 32.1. The van der Waals surface area contributed by atoms with E-state index in [2.05, 4.69) is 0 Å². The second-order valence-electron chi connectivity index (χ2n) is 4.06. The van der Waals surface area contributed by atoms with Crippen LogP contribution in [0.4, 0.5) is 0 Å². The van der Waals surface area contributed by atoms with Crippen LogP contribution in [-0.2, 0) is 11.3 Å². The molecule has 1 heterocycles. The van der Waals surface area contributed by atoms with Crippen LogP contribution in [0.5, 0.6) is 0 Å². The second-order valence-corrected chi connectivity index (χ2v) is 5.06. The van der Waals surface area contributed by atoms with E-state index in [1.807, 2.05) is 23.4 Å². The lowest BCUT2D eigenvalue weighted by molar-refractivity contribution is -0.131. The number of aliphatic hydroxyl groups is 1. The Labute approximate surface area is 105 Å². The fourth-order valence-corrected chi connectivity index (χ4v) is 2.45. The molecule has 0 aliphatic heterocycles. The minimum Gasteiger partial charge on any atom is -0.478 e. The van der Waals surface area contributed by atoms with Gasteiger partial charge in [0.25, 0.3) is 0 Å². The average molecular weight is 255 g/mol. The molecule has 0 saturated heterocycles. The topological polar surface area (TPSA) is 60.8 Å². The van der Waals surface area contributed by atoms with Gasteiger partial charge in [-0.3, -0.25) is 4.90 Å². The fraction of sp³-hybridized carbons (Fsp3) is 0.417. The highest BCUT2D eigenvalue weighted by Crippen LogP contribution is 2.17. The van der Waals surface area contributed by atoms with E-state index in [1.165, 1.54) is 0 Å². The standard InChI is InChI=1S/C12H17NO3S/c1-9(14)6-13(2)7-11-5-10(8-17-11)3-4-12(15)16/h3-5,8-9,14H,6-7H2,1-2H3,(H,15,16). The number of aliphatic hydroxyl groups excluding tert-OH is 1. The lowest BCUT2D eigenvalue weighted by Crippen LogP contribution is -2.26. The summed E-state index contributed by atoms with van der Waals surface area (Å²) in [5.41, 5.74) is 0.901. The Morgan fingerprint density at radius 3 is 2.94 bits per heavy atom. The Morgan fingerprint density at radius 2 is 2.35 bits per heavy atom.